The van der Waals surface area contributed by atoms with Gasteiger partial charge in [0.05, 0.1) is 0 Å². The summed E-state index contributed by atoms with van der Waals surface area (Å²) in [6, 6.07) is -0.0892. The average Bonchev–Trinajstić information content (AvgIpc) is 2.66. The van der Waals surface area contributed by atoms with Gasteiger partial charge in [0.2, 0.25) is 5.91 Å². The van der Waals surface area contributed by atoms with Crippen LogP contribution < -0.4 is 11.0 Å². The van der Waals surface area contributed by atoms with Crippen LogP contribution in [0.1, 0.15) is 45.4 Å². The molecule has 2 N–H and O–H groups in total. The molecule has 124 valence electrons. The predicted octanol–water partition coefficient (Wildman–Crippen LogP) is 0.294. The first-order chi connectivity index (χ1) is 10.5. The average molecular weight is 310 g/mol. The number of carbonyl (C=O) groups excluding carboxylic acids is 1. The largest absolute Gasteiger partial charge is 0.396 e. The van der Waals surface area contributed by atoms with Gasteiger partial charge in [-0.1, -0.05) is 20.3 Å². The highest BCUT2D eigenvalue weighted by molar-refractivity contribution is 5.75. The van der Waals surface area contributed by atoms with E-state index in [1.54, 1.807) is 4.57 Å². The lowest BCUT2D eigenvalue weighted by atomic mass is 10.0. The number of aromatic nitrogens is 3. The number of rotatable bonds is 6. The van der Waals surface area contributed by atoms with Gasteiger partial charge in [0.25, 0.3) is 0 Å². The van der Waals surface area contributed by atoms with Crippen molar-refractivity contribution in [2.75, 3.05) is 6.61 Å². The second kappa shape index (κ2) is 7.58. The molecule has 1 atom stereocenters. The number of carbonyl (C=O) groups is 1. The molecule has 0 radical (unpaired) electrons. The number of nitrogens with zero attached hydrogens (tertiary/aromatic N) is 3. The van der Waals surface area contributed by atoms with Crippen molar-refractivity contribution < 1.29 is 9.90 Å². The summed E-state index contributed by atoms with van der Waals surface area (Å²) >= 11 is 0. The van der Waals surface area contributed by atoms with Crippen molar-refractivity contribution in [1.29, 1.82) is 0 Å². The summed E-state index contributed by atoms with van der Waals surface area (Å²) in [5.74, 6) is 0.778. The van der Waals surface area contributed by atoms with Crippen molar-refractivity contribution in [2.24, 2.45) is 5.92 Å². The Labute approximate surface area is 130 Å². The molecular weight excluding hydrogens is 284 g/mol. The maximum atomic E-state index is 12.3. The van der Waals surface area contributed by atoms with Crippen molar-refractivity contribution in [3.63, 3.8) is 0 Å². The van der Waals surface area contributed by atoms with Gasteiger partial charge in [-0.25, -0.2) is 9.48 Å². The fourth-order valence-electron chi connectivity index (χ4n) is 2.83. The molecule has 1 aliphatic heterocycles. The highest BCUT2D eigenvalue weighted by Crippen LogP contribution is 2.10. The predicted molar refractivity (Wildman–Crippen MR) is 82.5 cm³/mol. The lowest BCUT2D eigenvalue weighted by Crippen LogP contribution is -2.42. The summed E-state index contributed by atoms with van der Waals surface area (Å²) in [4.78, 5) is 24.4. The maximum Gasteiger partial charge on any atom is 0.346 e. The molecule has 0 aliphatic carbocycles. The van der Waals surface area contributed by atoms with Crippen LogP contribution in [-0.4, -0.2) is 38.0 Å². The number of nitrogens with one attached hydrogen (secondary N) is 1. The molecule has 0 aromatic carbocycles. The topological polar surface area (TPSA) is 89.2 Å². The van der Waals surface area contributed by atoms with E-state index >= 15 is 0 Å². The molecule has 1 aromatic heterocycles. The number of aliphatic hydroxyl groups is 1. The van der Waals surface area contributed by atoms with Crippen LogP contribution in [0.15, 0.2) is 4.79 Å². The van der Waals surface area contributed by atoms with E-state index in [0.29, 0.717) is 13.0 Å². The van der Waals surface area contributed by atoms with E-state index in [-0.39, 0.29) is 36.7 Å². The Balaban J connectivity index is 2.04. The van der Waals surface area contributed by atoms with Crippen LogP contribution in [0.25, 0.3) is 0 Å². The lowest BCUT2D eigenvalue weighted by molar-refractivity contribution is -0.123. The van der Waals surface area contributed by atoms with Gasteiger partial charge in [-0.3, -0.25) is 9.36 Å². The Morgan fingerprint density at radius 3 is 2.82 bits per heavy atom. The van der Waals surface area contributed by atoms with Crippen molar-refractivity contribution >= 4 is 5.91 Å². The molecule has 1 aliphatic rings. The van der Waals surface area contributed by atoms with Gasteiger partial charge in [-0.15, -0.1) is 0 Å². The molecule has 22 heavy (non-hydrogen) atoms. The van der Waals surface area contributed by atoms with Gasteiger partial charge in [-0.2, -0.15) is 5.10 Å². The number of hydrogen-bond donors (Lipinski definition) is 2. The minimum Gasteiger partial charge on any atom is -0.396 e. The summed E-state index contributed by atoms with van der Waals surface area (Å²) in [6.07, 6.45) is 4.44. The Kier molecular flexibility index (Phi) is 5.76. The minimum atomic E-state index is -0.234. The molecule has 0 fully saturated rings. The lowest BCUT2D eigenvalue weighted by Gasteiger charge is -2.21. The molecule has 0 saturated heterocycles. The summed E-state index contributed by atoms with van der Waals surface area (Å²) in [5, 5.41) is 16.2. The first-order valence-electron chi connectivity index (χ1n) is 8.09. The van der Waals surface area contributed by atoms with Crippen LogP contribution in [0.3, 0.4) is 0 Å². The summed E-state index contributed by atoms with van der Waals surface area (Å²) in [6.45, 7) is 4.64. The Bertz CT molecular complexity index is 562. The normalized spacial score (nSPS) is 16.2. The minimum absolute atomic E-state index is 0.0296. The molecule has 2 heterocycles. The first-order valence-corrected chi connectivity index (χ1v) is 8.09. The van der Waals surface area contributed by atoms with Crippen LogP contribution in [0.2, 0.25) is 0 Å². The van der Waals surface area contributed by atoms with Crippen molar-refractivity contribution in [2.45, 2.75) is 65.1 Å². The third-order valence-electron chi connectivity index (χ3n) is 4.17. The first kappa shape index (κ1) is 16.7. The number of amides is 1. The van der Waals surface area contributed by atoms with E-state index in [9.17, 15) is 9.59 Å². The molecule has 0 spiro atoms. The summed E-state index contributed by atoms with van der Waals surface area (Å²) in [5.41, 5.74) is -0.199. The zero-order chi connectivity index (χ0) is 16.1. The van der Waals surface area contributed by atoms with Gasteiger partial charge in [0.1, 0.15) is 12.4 Å². The van der Waals surface area contributed by atoms with E-state index in [4.69, 9.17) is 5.11 Å². The van der Waals surface area contributed by atoms with Gasteiger partial charge in [0, 0.05) is 25.6 Å². The second-order valence-corrected chi connectivity index (χ2v) is 6.25. The van der Waals surface area contributed by atoms with E-state index in [0.717, 1.165) is 31.5 Å². The fourth-order valence-corrected chi connectivity index (χ4v) is 2.83. The molecule has 1 unspecified atom stereocenters. The van der Waals surface area contributed by atoms with E-state index in [1.165, 1.54) is 4.68 Å². The van der Waals surface area contributed by atoms with E-state index in [1.807, 2.05) is 13.8 Å². The maximum absolute atomic E-state index is 12.3. The molecular formula is C15H26N4O3. The number of fused-ring (bicyclic) bond motifs is 1. The van der Waals surface area contributed by atoms with Crippen molar-refractivity contribution in [1.82, 2.24) is 19.7 Å². The Morgan fingerprint density at radius 1 is 1.36 bits per heavy atom. The monoisotopic (exact) mass is 310 g/mol. The van der Waals surface area contributed by atoms with Crippen molar-refractivity contribution in [3.05, 3.63) is 16.3 Å². The summed E-state index contributed by atoms with van der Waals surface area (Å²) in [7, 11) is 0. The van der Waals surface area contributed by atoms with Crippen LogP contribution >= 0.6 is 0 Å². The standard InChI is InChI=1S/C15H26N4O3/c1-11(2)12(7-9-20)16-14(21)10-19-15(22)18-8-5-3-4-6-13(18)17-19/h11-12,20H,3-10H2,1-2H3,(H,16,21). The SMILES string of the molecule is CC(C)C(CCO)NC(=O)Cn1nc2n(c1=O)CCCCC2. The smallest absolute Gasteiger partial charge is 0.346 e. The molecule has 0 saturated carbocycles. The van der Waals surface area contributed by atoms with Gasteiger partial charge in [-0.05, 0) is 25.2 Å². The van der Waals surface area contributed by atoms with Crippen LogP contribution in [-0.2, 0) is 24.3 Å². The van der Waals surface area contributed by atoms with E-state index in [2.05, 4.69) is 10.4 Å². The highest BCUT2D eigenvalue weighted by atomic mass is 16.3. The van der Waals surface area contributed by atoms with Crippen molar-refractivity contribution in [3.8, 4) is 0 Å². The number of aryl methyl sites for hydroxylation is 1. The third-order valence-corrected chi connectivity index (χ3v) is 4.17. The van der Waals surface area contributed by atoms with E-state index < -0.39 is 0 Å². The number of hydrogen-bond acceptors (Lipinski definition) is 4. The van der Waals surface area contributed by atoms with Gasteiger partial charge >= 0.3 is 5.69 Å². The highest BCUT2D eigenvalue weighted by Gasteiger charge is 2.19. The molecule has 1 aromatic rings. The third kappa shape index (κ3) is 3.97. The molecule has 1 amide bonds. The summed E-state index contributed by atoms with van der Waals surface area (Å²) < 4.78 is 2.94. The molecule has 7 nitrogen and oxygen atoms in total. The fraction of sp³-hybridized carbons (Fsp3) is 0.800. The zero-order valence-electron chi connectivity index (χ0n) is 13.4. The molecule has 7 heteroatoms. The number of aliphatic hydroxyl groups excluding tert-OH is 1. The zero-order valence-corrected chi connectivity index (χ0v) is 13.4. The Hall–Kier alpha value is -1.63. The quantitative estimate of drug-likeness (QED) is 0.790. The molecule has 0 bridgehead atoms. The second-order valence-electron chi connectivity index (χ2n) is 6.25. The van der Waals surface area contributed by atoms with Crippen LogP contribution in [0, 0.1) is 5.92 Å². The Morgan fingerprint density at radius 2 is 2.14 bits per heavy atom. The van der Waals surface area contributed by atoms with Crippen LogP contribution in [0.5, 0.6) is 0 Å². The molecule has 2 rings (SSSR count). The van der Waals surface area contributed by atoms with Gasteiger partial charge in [0.15, 0.2) is 0 Å². The van der Waals surface area contributed by atoms with Crippen LogP contribution in [0.4, 0.5) is 0 Å². The van der Waals surface area contributed by atoms with Gasteiger partial charge < -0.3 is 10.4 Å².